The first kappa shape index (κ1) is 27.4. The number of carbonyl (C=O) groups is 4. The minimum Gasteiger partial charge on any atom is -0.497 e. The fourth-order valence-corrected chi connectivity index (χ4v) is 4.61. The number of hydrogen-bond donors (Lipinski definition) is 2. The minimum absolute atomic E-state index is 0.0805. The van der Waals surface area contributed by atoms with Crippen LogP contribution in [0.1, 0.15) is 57.2 Å². The molecule has 4 rings (SSSR count). The number of anilines is 1. The van der Waals surface area contributed by atoms with Crippen molar-refractivity contribution < 1.29 is 28.7 Å². The summed E-state index contributed by atoms with van der Waals surface area (Å²) >= 11 is 0. The van der Waals surface area contributed by atoms with Crippen LogP contribution in [0.25, 0.3) is 0 Å². The Kier molecular flexibility index (Phi) is 7.99. The van der Waals surface area contributed by atoms with Crippen LogP contribution < -0.4 is 15.4 Å². The highest BCUT2D eigenvalue weighted by atomic mass is 16.5. The molecule has 0 saturated heterocycles. The number of nitrogens with zero attached hydrogens (tertiary/aromatic N) is 3. The van der Waals surface area contributed by atoms with E-state index in [1.165, 1.54) is 29.0 Å². The number of imidazole rings is 1. The van der Waals surface area contributed by atoms with Crippen molar-refractivity contribution in [1.29, 1.82) is 0 Å². The molecule has 2 heterocycles. The standard InChI is InChI=1S/C28H31N5O6/c1-5-14-33-25(35)23-22(24(34)31-21-9-7-6-8-20(21)26(36)39-4)30-17-32(23)16-28(33,2)27(37)29-15-18-10-12-19(38-3)13-11-18/h6-13,17H,5,14-16H2,1-4H3,(H,29,37)(H,31,34)/t28-/m1/s1. The van der Waals surface area contributed by atoms with Gasteiger partial charge in [0.1, 0.15) is 17.0 Å². The molecule has 0 spiro atoms. The molecule has 11 nitrogen and oxygen atoms in total. The number of benzene rings is 2. The lowest BCUT2D eigenvalue weighted by molar-refractivity contribution is -0.133. The van der Waals surface area contributed by atoms with Crippen LogP contribution in [0.5, 0.6) is 5.75 Å². The van der Waals surface area contributed by atoms with E-state index in [1.807, 2.05) is 31.2 Å². The van der Waals surface area contributed by atoms with E-state index < -0.39 is 23.3 Å². The predicted molar refractivity (Wildman–Crippen MR) is 143 cm³/mol. The van der Waals surface area contributed by atoms with Gasteiger partial charge in [0, 0.05) is 13.1 Å². The predicted octanol–water partition coefficient (Wildman–Crippen LogP) is 2.87. The van der Waals surface area contributed by atoms with Crippen LogP contribution in [0.4, 0.5) is 5.69 Å². The normalized spacial score (nSPS) is 16.3. The molecule has 1 atom stereocenters. The average molecular weight is 534 g/mol. The summed E-state index contributed by atoms with van der Waals surface area (Å²) in [6, 6.07) is 13.7. The quantitative estimate of drug-likeness (QED) is 0.404. The van der Waals surface area contributed by atoms with Gasteiger partial charge in [-0.2, -0.15) is 0 Å². The van der Waals surface area contributed by atoms with E-state index in [9.17, 15) is 19.2 Å². The number of carbonyl (C=O) groups excluding carboxylic acids is 4. The molecule has 0 fully saturated rings. The van der Waals surface area contributed by atoms with Crippen molar-refractivity contribution in [2.45, 2.75) is 38.9 Å². The van der Waals surface area contributed by atoms with Crippen molar-refractivity contribution in [3.63, 3.8) is 0 Å². The number of fused-ring (bicyclic) bond motifs is 1. The van der Waals surface area contributed by atoms with Gasteiger partial charge in [-0.3, -0.25) is 14.4 Å². The van der Waals surface area contributed by atoms with E-state index in [4.69, 9.17) is 9.47 Å². The maximum atomic E-state index is 13.7. The van der Waals surface area contributed by atoms with Crippen LogP contribution in [-0.2, 0) is 22.6 Å². The Morgan fingerprint density at radius 2 is 1.79 bits per heavy atom. The van der Waals surface area contributed by atoms with Gasteiger partial charge in [0.2, 0.25) is 5.91 Å². The summed E-state index contributed by atoms with van der Waals surface area (Å²) in [6.45, 7) is 4.31. The summed E-state index contributed by atoms with van der Waals surface area (Å²) in [5.41, 5.74) is 0.0530. The molecule has 2 aromatic carbocycles. The van der Waals surface area contributed by atoms with Gasteiger partial charge < -0.3 is 29.6 Å². The van der Waals surface area contributed by atoms with Gasteiger partial charge in [-0.25, -0.2) is 9.78 Å². The zero-order valence-electron chi connectivity index (χ0n) is 22.3. The van der Waals surface area contributed by atoms with Crippen molar-refractivity contribution in [3.05, 3.63) is 77.4 Å². The van der Waals surface area contributed by atoms with Gasteiger partial charge in [0.25, 0.3) is 11.8 Å². The van der Waals surface area contributed by atoms with E-state index >= 15 is 0 Å². The molecule has 204 valence electrons. The summed E-state index contributed by atoms with van der Waals surface area (Å²) in [6.07, 6.45) is 1.99. The van der Waals surface area contributed by atoms with Gasteiger partial charge in [-0.1, -0.05) is 31.2 Å². The van der Waals surface area contributed by atoms with E-state index in [-0.39, 0.29) is 41.6 Å². The molecule has 0 bridgehead atoms. The van der Waals surface area contributed by atoms with Crippen LogP contribution in [0.3, 0.4) is 0 Å². The molecule has 39 heavy (non-hydrogen) atoms. The second-order valence-electron chi connectivity index (χ2n) is 9.32. The topological polar surface area (TPSA) is 132 Å². The number of methoxy groups -OCH3 is 2. The van der Waals surface area contributed by atoms with E-state index in [2.05, 4.69) is 15.6 Å². The molecule has 1 aliphatic rings. The first-order valence-corrected chi connectivity index (χ1v) is 12.5. The van der Waals surface area contributed by atoms with E-state index in [0.29, 0.717) is 18.7 Å². The Labute approximate surface area is 226 Å². The third kappa shape index (κ3) is 5.33. The Morgan fingerprint density at radius 3 is 2.46 bits per heavy atom. The number of aromatic nitrogens is 2. The highest BCUT2D eigenvalue weighted by Gasteiger charge is 2.48. The molecule has 0 aliphatic carbocycles. The summed E-state index contributed by atoms with van der Waals surface area (Å²) in [5, 5.41) is 5.60. The van der Waals surface area contributed by atoms with Crippen LogP contribution in [0.15, 0.2) is 54.9 Å². The maximum absolute atomic E-state index is 13.7. The SMILES string of the molecule is CCCN1C(=O)c2c(C(=O)Nc3ccccc3C(=O)OC)ncn2C[C@]1(C)C(=O)NCc1ccc(OC)cc1. The molecule has 3 aromatic rings. The molecule has 2 N–H and O–H groups in total. The third-order valence-corrected chi connectivity index (χ3v) is 6.70. The third-order valence-electron chi connectivity index (χ3n) is 6.70. The molecule has 1 aliphatic heterocycles. The van der Waals surface area contributed by atoms with Gasteiger partial charge in [-0.05, 0) is 43.2 Å². The largest absolute Gasteiger partial charge is 0.497 e. The second kappa shape index (κ2) is 11.4. The zero-order valence-corrected chi connectivity index (χ0v) is 22.3. The van der Waals surface area contributed by atoms with Gasteiger partial charge in [0.05, 0.1) is 38.3 Å². The van der Waals surface area contributed by atoms with Crippen LogP contribution >= 0.6 is 0 Å². The van der Waals surface area contributed by atoms with Crippen LogP contribution in [-0.4, -0.2) is 64.4 Å². The molecule has 0 radical (unpaired) electrons. The summed E-state index contributed by atoms with van der Waals surface area (Å²) in [5.74, 6) is -1.35. The smallest absolute Gasteiger partial charge is 0.339 e. The molecule has 0 saturated carbocycles. The Hall–Kier alpha value is -4.67. The number of rotatable bonds is 9. The molecular formula is C28H31N5O6. The number of ether oxygens (including phenoxy) is 2. The second-order valence-corrected chi connectivity index (χ2v) is 9.32. The number of amides is 3. The number of hydrogen-bond acceptors (Lipinski definition) is 7. The lowest BCUT2D eigenvalue weighted by Gasteiger charge is -2.43. The van der Waals surface area contributed by atoms with Gasteiger partial charge in [0.15, 0.2) is 5.69 Å². The zero-order chi connectivity index (χ0) is 28.2. The van der Waals surface area contributed by atoms with Crippen molar-refractivity contribution >= 4 is 29.4 Å². The fraction of sp³-hybridized carbons (Fsp3) is 0.321. The summed E-state index contributed by atoms with van der Waals surface area (Å²) < 4.78 is 11.5. The molecular weight excluding hydrogens is 502 g/mol. The summed E-state index contributed by atoms with van der Waals surface area (Å²) in [4.78, 5) is 58.3. The lowest BCUT2D eigenvalue weighted by atomic mass is 9.93. The monoisotopic (exact) mass is 533 g/mol. The van der Waals surface area contributed by atoms with Crippen molar-refractivity contribution in [1.82, 2.24) is 19.8 Å². The first-order valence-electron chi connectivity index (χ1n) is 12.5. The molecule has 11 heteroatoms. The highest BCUT2D eigenvalue weighted by Crippen LogP contribution is 2.30. The minimum atomic E-state index is -1.21. The van der Waals surface area contributed by atoms with Gasteiger partial charge in [-0.15, -0.1) is 0 Å². The van der Waals surface area contributed by atoms with Gasteiger partial charge >= 0.3 is 5.97 Å². The maximum Gasteiger partial charge on any atom is 0.339 e. The van der Waals surface area contributed by atoms with E-state index in [1.54, 1.807) is 32.2 Å². The van der Waals surface area contributed by atoms with Crippen molar-refractivity contribution in [2.75, 3.05) is 26.1 Å². The van der Waals surface area contributed by atoms with Crippen molar-refractivity contribution in [3.8, 4) is 5.75 Å². The number of esters is 1. The van der Waals surface area contributed by atoms with Crippen LogP contribution in [0.2, 0.25) is 0 Å². The molecule has 0 unspecified atom stereocenters. The lowest BCUT2D eigenvalue weighted by Crippen LogP contribution is -2.64. The fourth-order valence-electron chi connectivity index (χ4n) is 4.61. The molecule has 3 amide bonds. The van der Waals surface area contributed by atoms with Crippen molar-refractivity contribution in [2.24, 2.45) is 0 Å². The van der Waals surface area contributed by atoms with E-state index in [0.717, 1.165) is 5.56 Å². The highest BCUT2D eigenvalue weighted by molar-refractivity contribution is 6.13. The Bertz CT molecular complexity index is 1400. The van der Waals surface area contributed by atoms with Crippen LogP contribution in [0, 0.1) is 0 Å². The Balaban J connectivity index is 1.58. The first-order chi connectivity index (χ1) is 18.7. The number of para-hydroxylation sites is 1. The Morgan fingerprint density at radius 1 is 1.08 bits per heavy atom. The average Bonchev–Trinajstić information content (AvgIpc) is 3.38. The molecule has 1 aromatic heterocycles. The number of nitrogens with one attached hydrogen (secondary N) is 2. The summed E-state index contributed by atoms with van der Waals surface area (Å²) in [7, 11) is 2.83.